The van der Waals surface area contributed by atoms with E-state index in [1.807, 2.05) is 60.9 Å². The number of ether oxygens (including phenoxy) is 1. The van der Waals surface area contributed by atoms with Crippen molar-refractivity contribution in [3.05, 3.63) is 59.9 Å². The van der Waals surface area contributed by atoms with Crippen molar-refractivity contribution in [1.29, 1.82) is 0 Å². The fourth-order valence-electron chi connectivity index (χ4n) is 2.44. The minimum atomic E-state index is -0.913. The molecule has 0 fully saturated rings. The highest BCUT2D eigenvalue weighted by Gasteiger charge is 2.11. The van der Waals surface area contributed by atoms with Crippen molar-refractivity contribution in [2.75, 3.05) is 0 Å². The van der Waals surface area contributed by atoms with Gasteiger partial charge in [0.1, 0.15) is 5.75 Å². The van der Waals surface area contributed by atoms with Gasteiger partial charge in [0.15, 0.2) is 0 Å². The van der Waals surface area contributed by atoms with Crippen LogP contribution in [-0.2, 0) is 6.54 Å². The molecule has 0 saturated carbocycles. The Labute approximate surface area is 123 Å². The van der Waals surface area contributed by atoms with Crippen LogP contribution in [0.3, 0.4) is 0 Å². The summed E-state index contributed by atoms with van der Waals surface area (Å²) in [5, 5.41) is 10.2. The van der Waals surface area contributed by atoms with Gasteiger partial charge in [-0.2, -0.15) is 0 Å². The number of aryl methyl sites for hydroxylation is 2. The molecule has 0 spiro atoms. The number of aliphatic hydroxyl groups is 1. The zero-order valence-corrected chi connectivity index (χ0v) is 12.2. The number of fused-ring (bicyclic) bond motifs is 1. The van der Waals surface area contributed by atoms with Gasteiger partial charge in [-0.05, 0) is 37.6 Å². The standard InChI is InChI=1S/C17H18N2O2/c1-12-7-8-16(13(2)9-12)21-17(20)10-19-11-18-14-5-3-4-6-15(14)19/h3-9,11,17,20H,10H2,1-2H3. The van der Waals surface area contributed by atoms with Gasteiger partial charge in [0.05, 0.1) is 23.9 Å². The van der Waals surface area contributed by atoms with E-state index in [1.54, 1.807) is 6.33 Å². The van der Waals surface area contributed by atoms with E-state index in [2.05, 4.69) is 4.98 Å². The second-order valence-electron chi connectivity index (χ2n) is 5.23. The summed E-state index contributed by atoms with van der Waals surface area (Å²) < 4.78 is 7.52. The first-order valence-corrected chi connectivity index (χ1v) is 6.95. The van der Waals surface area contributed by atoms with E-state index in [-0.39, 0.29) is 0 Å². The van der Waals surface area contributed by atoms with E-state index in [0.717, 1.165) is 16.6 Å². The van der Waals surface area contributed by atoms with Crippen molar-refractivity contribution in [2.45, 2.75) is 26.7 Å². The van der Waals surface area contributed by atoms with E-state index in [4.69, 9.17) is 4.74 Å². The molecule has 108 valence electrons. The highest BCUT2D eigenvalue weighted by molar-refractivity contribution is 5.74. The summed E-state index contributed by atoms with van der Waals surface area (Å²) >= 11 is 0. The van der Waals surface area contributed by atoms with Gasteiger partial charge in [0.2, 0.25) is 6.29 Å². The van der Waals surface area contributed by atoms with Gasteiger partial charge in [-0.15, -0.1) is 0 Å². The smallest absolute Gasteiger partial charge is 0.215 e. The topological polar surface area (TPSA) is 47.3 Å². The van der Waals surface area contributed by atoms with Gasteiger partial charge in [0.25, 0.3) is 0 Å². The molecule has 0 bridgehead atoms. The van der Waals surface area contributed by atoms with Crippen molar-refractivity contribution >= 4 is 11.0 Å². The normalized spacial score (nSPS) is 12.5. The van der Waals surface area contributed by atoms with E-state index in [9.17, 15) is 5.11 Å². The molecule has 2 aromatic carbocycles. The first-order valence-electron chi connectivity index (χ1n) is 6.95. The number of imidazole rings is 1. The number of hydrogen-bond acceptors (Lipinski definition) is 3. The molecule has 0 radical (unpaired) electrons. The van der Waals surface area contributed by atoms with Crippen LogP contribution >= 0.6 is 0 Å². The van der Waals surface area contributed by atoms with E-state index in [1.165, 1.54) is 5.56 Å². The van der Waals surface area contributed by atoms with E-state index < -0.39 is 6.29 Å². The molecule has 21 heavy (non-hydrogen) atoms. The van der Waals surface area contributed by atoms with Crippen LogP contribution in [0.25, 0.3) is 11.0 Å². The zero-order valence-electron chi connectivity index (χ0n) is 12.2. The maximum absolute atomic E-state index is 10.2. The number of benzene rings is 2. The second-order valence-corrected chi connectivity index (χ2v) is 5.23. The lowest BCUT2D eigenvalue weighted by Gasteiger charge is -2.16. The molecule has 0 aliphatic rings. The predicted octanol–water partition coefficient (Wildman–Crippen LogP) is 3.05. The number of aromatic nitrogens is 2. The fraction of sp³-hybridized carbons (Fsp3) is 0.235. The van der Waals surface area contributed by atoms with Gasteiger partial charge >= 0.3 is 0 Å². The number of hydrogen-bond donors (Lipinski definition) is 1. The molecule has 4 nitrogen and oxygen atoms in total. The minimum absolute atomic E-state index is 0.341. The van der Waals surface area contributed by atoms with Crippen LogP contribution < -0.4 is 4.74 Å². The summed E-state index contributed by atoms with van der Waals surface area (Å²) in [7, 11) is 0. The Kier molecular flexibility index (Phi) is 3.62. The molecular weight excluding hydrogens is 264 g/mol. The number of rotatable bonds is 4. The van der Waals surface area contributed by atoms with E-state index in [0.29, 0.717) is 12.3 Å². The van der Waals surface area contributed by atoms with Crippen LogP contribution in [0.2, 0.25) is 0 Å². The summed E-state index contributed by atoms with van der Waals surface area (Å²) in [6.45, 7) is 4.35. The molecule has 3 rings (SSSR count). The average Bonchev–Trinajstić information content (AvgIpc) is 2.85. The van der Waals surface area contributed by atoms with Gasteiger partial charge in [-0.3, -0.25) is 0 Å². The monoisotopic (exact) mass is 282 g/mol. The number of aliphatic hydroxyl groups excluding tert-OH is 1. The Hall–Kier alpha value is -2.33. The molecule has 0 saturated heterocycles. The first-order chi connectivity index (χ1) is 10.1. The van der Waals surface area contributed by atoms with Gasteiger partial charge < -0.3 is 14.4 Å². The molecule has 3 aromatic rings. The third-order valence-electron chi connectivity index (χ3n) is 3.47. The lowest BCUT2D eigenvalue weighted by atomic mass is 10.1. The molecule has 1 heterocycles. The highest BCUT2D eigenvalue weighted by Crippen LogP contribution is 2.20. The van der Waals surface area contributed by atoms with Crippen molar-refractivity contribution in [3.8, 4) is 5.75 Å². The summed E-state index contributed by atoms with van der Waals surface area (Å²) in [6, 6.07) is 13.7. The SMILES string of the molecule is Cc1ccc(OC(O)Cn2cnc3ccccc32)c(C)c1. The molecular formula is C17H18N2O2. The molecule has 0 aliphatic carbocycles. The minimum Gasteiger partial charge on any atom is -0.463 e. The van der Waals surface area contributed by atoms with Crippen LogP contribution in [0.15, 0.2) is 48.8 Å². The van der Waals surface area contributed by atoms with E-state index >= 15 is 0 Å². The zero-order chi connectivity index (χ0) is 14.8. The van der Waals surface area contributed by atoms with Gasteiger partial charge in [0, 0.05) is 0 Å². The van der Waals surface area contributed by atoms with Crippen molar-refractivity contribution in [2.24, 2.45) is 0 Å². The number of para-hydroxylation sites is 2. The van der Waals surface area contributed by atoms with Crippen molar-refractivity contribution in [3.63, 3.8) is 0 Å². The largest absolute Gasteiger partial charge is 0.463 e. The molecule has 1 unspecified atom stereocenters. The fourth-order valence-corrected chi connectivity index (χ4v) is 2.44. The molecule has 4 heteroatoms. The lowest BCUT2D eigenvalue weighted by molar-refractivity contribution is -0.0291. The molecule has 1 aromatic heterocycles. The summed E-state index contributed by atoms with van der Waals surface area (Å²) in [5.41, 5.74) is 4.09. The van der Waals surface area contributed by atoms with Crippen LogP contribution in [0.1, 0.15) is 11.1 Å². The summed E-state index contributed by atoms with van der Waals surface area (Å²) in [5.74, 6) is 0.706. The average molecular weight is 282 g/mol. The molecule has 1 N–H and O–H groups in total. The first kappa shape index (κ1) is 13.6. The Balaban J connectivity index is 1.75. The van der Waals surface area contributed by atoms with Crippen LogP contribution in [-0.4, -0.2) is 20.9 Å². The van der Waals surface area contributed by atoms with Crippen molar-refractivity contribution < 1.29 is 9.84 Å². The lowest BCUT2D eigenvalue weighted by Crippen LogP contribution is -2.22. The Bertz CT molecular complexity index is 764. The molecule has 0 amide bonds. The Morgan fingerprint density at radius 3 is 2.81 bits per heavy atom. The summed E-state index contributed by atoms with van der Waals surface area (Å²) in [4.78, 5) is 4.30. The van der Waals surface area contributed by atoms with Crippen LogP contribution in [0.5, 0.6) is 5.75 Å². The van der Waals surface area contributed by atoms with Gasteiger partial charge in [-0.25, -0.2) is 4.98 Å². The maximum Gasteiger partial charge on any atom is 0.215 e. The highest BCUT2D eigenvalue weighted by atomic mass is 16.6. The van der Waals surface area contributed by atoms with Crippen LogP contribution in [0.4, 0.5) is 0 Å². The molecule has 0 aliphatic heterocycles. The quantitative estimate of drug-likeness (QED) is 0.748. The third kappa shape index (κ3) is 2.90. The van der Waals surface area contributed by atoms with Gasteiger partial charge in [-0.1, -0.05) is 29.8 Å². The molecule has 1 atom stereocenters. The van der Waals surface area contributed by atoms with Crippen LogP contribution in [0, 0.1) is 13.8 Å². The third-order valence-corrected chi connectivity index (χ3v) is 3.47. The second kappa shape index (κ2) is 5.58. The Morgan fingerprint density at radius 1 is 1.19 bits per heavy atom. The van der Waals surface area contributed by atoms with Crippen molar-refractivity contribution in [1.82, 2.24) is 9.55 Å². The summed E-state index contributed by atoms with van der Waals surface area (Å²) in [6.07, 6.45) is 0.809. The Morgan fingerprint density at radius 2 is 2.00 bits per heavy atom. The maximum atomic E-state index is 10.2. The number of nitrogens with zero attached hydrogens (tertiary/aromatic N) is 2. The predicted molar refractivity (Wildman–Crippen MR) is 82.3 cm³/mol.